The van der Waals surface area contributed by atoms with Crippen molar-refractivity contribution < 1.29 is 24.5 Å². The number of rotatable bonds is 8. The molecule has 0 fully saturated rings. The van der Waals surface area contributed by atoms with Gasteiger partial charge in [0.15, 0.2) is 0 Å². The van der Waals surface area contributed by atoms with Gasteiger partial charge in [-0.2, -0.15) is 0 Å². The van der Waals surface area contributed by atoms with Gasteiger partial charge < -0.3 is 14.0 Å². The van der Waals surface area contributed by atoms with Crippen molar-refractivity contribution in [1.29, 1.82) is 0 Å². The number of hydrogen-bond acceptors (Lipinski definition) is 3. The van der Waals surface area contributed by atoms with Crippen molar-refractivity contribution >= 4 is 46.2 Å². The van der Waals surface area contributed by atoms with Crippen LogP contribution in [0.5, 0.6) is 0 Å². The average Bonchev–Trinajstić information content (AvgIpc) is 3.82. The summed E-state index contributed by atoms with van der Waals surface area (Å²) in [6.07, 6.45) is 3.21. The van der Waals surface area contributed by atoms with Crippen molar-refractivity contribution in [2.75, 3.05) is 0 Å². The third-order valence-electron chi connectivity index (χ3n) is 11.4. The molecule has 0 aliphatic heterocycles. The summed E-state index contributed by atoms with van der Waals surface area (Å²) in [4.78, 5) is 9.94. The number of fused-ring (bicyclic) bond motifs is 4. The standard InChI is InChI=1S/C37H31N2O.C19H26NSi.Ir/c1-23(2)30-21-26(25-13-6-5-7-14-25)22-31(24(3)4)35(30)39-33-19-10-9-18-32(33)38-37(39)29-17-12-16-28-27-15-8-11-20-34(27)40-36(28)29;1-19(2,3)13-16-12-17(15-10-8-7-9-11-15)20-14-18(16)21(4,5)6;/h5-16,18-24H,1-4H3;7-10,12,14H,13H2,1-6H3;/q2*-1;. The summed E-state index contributed by atoms with van der Waals surface area (Å²) in [5.41, 5.74) is 14.7. The zero-order chi connectivity index (χ0) is 43.1. The van der Waals surface area contributed by atoms with E-state index in [-0.39, 0.29) is 25.5 Å². The second kappa shape index (κ2) is 18.1. The summed E-state index contributed by atoms with van der Waals surface area (Å²) in [5.74, 6) is 1.45. The van der Waals surface area contributed by atoms with Crippen LogP contribution >= 0.6 is 0 Å². The van der Waals surface area contributed by atoms with Crippen molar-refractivity contribution in [1.82, 2.24) is 14.5 Å². The Balaban J connectivity index is 0.000000223. The molecule has 62 heavy (non-hydrogen) atoms. The molecule has 9 rings (SSSR count). The molecular weight excluding hydrogens is 951 g/mol. The van der Waals surface area contributed by atoms with Crippen LogP contribution in [0.15, 0.2) is 144 Å². The van der Waals surface area contributed by atoms with Crippen LogP contribution in [0.3, 0.4) is 0 Å². The van der Waals surface area contributed by atoms with E-state index in [0.717, 1.165) is 62.0 Å². The molecule has 1 radical (unpaired) electrons. The Hall–Kier alpha value is -5.39. The minimum Gasteiger partial charge on any atom is -0.501 e. The van der Waals surface area contributed by atoms with E-state index in [0.29, 0.717) is 11.8 Å². The van der Waals surface area contributed by atoms with Gasteiger partial charge >= 0.3 is 0 Å². The first-order chi connectivity index (χ1) is 29.2. The first-order valence-electron chi connectivity index (χ1n) is 21.7. The quantitative estimate of drug-likeness (QED) is 0.113. The van der Waals surface area contributed by atoms with Crippen molar-refractivity contribution in [3.8, 4) is 39.5 Å². The fraction of sp³-hybridized carbons (Fsp3) is 0.250. The summed E-state index contributed by atoms with van der Waals surface area (Å²) < 4.78 is 8.83. The number of para-hydroxylation sites is 3. The second-order valence-corrected chi connectivity index (χ2v) is 24.2. The Bertz CT molecular complexity index is 2940. The molecule has 0 saturated heterocycles. The van der Waals surface area contributed by atoms with Crippen LogP contribution in [0, 0.1) is 17.5 Å². The van der Waals surface area contributed by atoms with Crippen LogP contribution in [-0.4, -0.2) is 22.6 Å². The summed E-state index contributed by atoms with van der Waals surface area (Å²) in [6.45, 7) is 23.2. The molecule has 0 spiro atoms. The summed E-state index contributed by atoms with van der Waals surface area (Å²) in [5, 5.41) is 3.67. The Labute approximate surface area is 382 Å². The zero-order valence-electron chi connectivity index (χ0n) is 37.7. The molecule has 317 valence electrons. The smallest absolute Gasteiger partial charge is 0.120 e. The topological polar surface area (TPSA) is 43.9 Å². The van der Waals surface area contributed by atoms with Gasteiger partial charge in [0.2, 0.25) is 0 Å². The Morgan fingerprint density at radius 2 is 1.35 bits per heavy atom. The number of aromatic nitrogens is 3. The van der Waals surface area contributed by atoms with Crippen molar-refractivity contribution in [3.05, 3.63) is 168 Å². The number of imidazole rings is 1. The Kier molecular flexibility index (Phi) is 13.1. The SMILES string of the molecule is CC(C)(C)Cc1cc(-c2[c-]cccc2)ncc1[Si](C)(C)C.CC(C)c1cc(-c2ccccc2)cc(C(C)C)c1-n1c(-c2[c-]ccc3c2oc2ccccc23)nc2ccccc21.[Ir]. The Morgan fingerprint density at radius 3 is 2.02 bits per heavy atom. The molecule has 0 saturated carbocycles. The van der Waals surface area contributed by atoms with Crippen molar-refractivity contribution in [2.24, 2.45) is 5.41 Å². The molecule has 3 aromatic heterocycles. The molecule has 0 aliphatic rings. The van der Waals surface area contributed by atoms with Crippen LogP contribution in [0.1, 0.15) is 77.0 Å². The molecule has 4 nitrogen and oxygen atoms in total. The van der Waals surface area contributed by atoms with Gasteiger partial charge in [0.25, 0.3) is 0 Å². The molecule has 3 heterocycles. The van der Waals surface area contributed by atoms with Crippen molar-refractivity contribution in [2.45, 2.75) is 86.4 Å². The molecule has 6 heteroatoms. The number of benzene rings is 6. The van der Waals surface area contributed by atoms with Gasteiger partial charge in [-0.15, -0.1) is 54.1 Å². The maximum Gasteiger partial charge on any atom is 0.120 e. The van der Waals surface area contributed by atoms with Crippen LogP contribution in [-0.2, 0) is 26.5 Å². The van der Waals surface area contributed by atoms with E-state index in [1.165, 1.54) is 38.7 Å². The Morgan fingerprint density at radius 1 is 0.694 bits per heavy atom. The molecule has 0 atom stereocenters. The second-order valence-electron chi connectivity index (χ2n) is 19.1. The largest absolute Gasteiger partial charge is 0.501 e. The first-order valence-corrected chi connectivity index (χ1v) is 25.2. The predicted octanol–water partition coefficient (Wildman–Crippen LogP) is 15.0. The molecule has 0 bridgehead atoms. The van der Waals surface area contributed by atoms with E-state index in [1.54, 1.807) is 0 Å². The van der Waals surface area contributed by atoms with Crippen molar-refractivity contribution in [3.63, 3.8) is 0 Å². The fourth-order valence-electron chi connectivity index (χ4n) is 8.48. The molecule has 0 amide bonds. The molecular formula is C56H57IrN3OSi-2. The number of pyridine rings is 1. The number of nitrogens with zero attached hydrogens (tertiary/aromatic N) is 3. The van der Waals surface area contributed by atoms with Crippen LogP contribution in [0.2, 0.25) is 19.6 Å². The average molecular weight is 1010 g/mol. The molecule has 9 aromatic rings. The van der Waals surface area contributed by atoms with Gasteiger partial charge in [-0.3, -0.25) is 4.98 Å². The summed E-state index contributed by atoms with van der Waals surface area (Å²) in [6, 6.07) is 53.3. The first kappa shape index (κ1) is 44.7. The minimum absolute atomic E-state index is 0. The van der Waals surface area contributed by atoms with Crippen LogP contribution in [0.25, 0.3) is 72.4 Å². The molecule has 0 aliphatic carbocycles. The fourth-order valence-corrected chi connectivity index (χ4v) is 10.1. The third-order valence-corrected chi connectivity index (χ3v) is 13.4. The normalized spacial score (nSPS) is 11.9. The number of furan rings is 1. The van der Waals surface area contributed by atoms with E-state index < -0.39 is 8.07 Å². The minimum atomic E-state index is -1.37. The van der Waals surface area contributed by atoms with Gasteiger partial charge in [-0.1, -0.05) is 151 Å². The van der Waals surface area contributed by atoms with E-state index in [9.17, 15) is 0 Å². The molecule has 0 unspecified atom stereocenters. The van der Waals surface area contributed by atoms with Gasteiger partial charge in [-0.25, -0.2) is 0 Å². The van der Waals surface area contributed by atoms with E-state index >= 15 is 0 Å². The summed E-state index contributed by atoms with van der Waals surface area (Å²) in [7, 11) is -1.37. The van der Waals surface area contributed by atoms with Gasteiger partial charge in [0, 0.05) is 37.4 Å². The van der Waals surface area contributed by atoms with Crippen LogP contribution < -0.4 is 5.19 Å². The van der Waals surface area contributed by atoms with E-state index in [1.807, 2.05) is 36.4 Å². The van der Waals surface area contributed by atoms with Gasteiger partial charge in [0.1, 0.15) is 5.58 Å². The van der Waals surface area contributed by atoms with Gasteiger partial charge in [-0.05, 0) is 87.1 Å². The summed E-state index contributed by atoms with van der Waals surface area (Å²) >= 11 is 0. The van der Waals surface area contributed by atoms with E-state index in [2.05, 4.69) is 188 Å². The number of hydrogen-bond donors (Lipinski definition) is 0. The maximum absolute atomic E-state index is 6.47. The molecule has 6 aromatic carbocycles. The third kappa shape index (κ3) is 9.20. The zero-order valence-corrected chi connectivity index (χ0v) is 41.1. The van der Waals surface area contributed by atoms with Crippen LogP contribution in [0.4, 0.5) is 0 Å². The predicted molar refractivity (Wildman–Crippen MR) is 261 cm³/mol. The van der Waals surface area contributed by atoms with E-state index in [4.69, 9.17) is 14.4 Å². The monoisotopic (exact) mass is 1010 g/mol. The maximum atomic E-state index is 6.47. The molecule has 0 N–H and O–H groups in total. The van der Waals surface area contributed by atoms with Gasteiger partial charge in [0.05, 0.1) is 30.5 Å².